The highest BCUT2D eigenvalue weighted by molar-refractivity contribution is 4.90. The smallest absolute Gasteiger partial charge is 0.111 e. The van der Waals surface area contributed by atoms with Gasteiger partial charge in [0, 0.05) is 7.11 Å². The fraction of sp³-hybridized carbons (Fsp3) is 1.00. The van der Waals surface area contributed by atoms with Gasteiger partial charge in [-0.2, -0.15) is 0 Å². The molecule has 1 saturated heterocycles. The first-order valence-corrected chi connectivity index (χ1v) is 4.26. The second kappa shape index (κ2) is 4.34. The van der Waals surface area contributed by atoms with Crippen molar-refractivity contribution in [3.05, 3.63) is 0 Å². The lowest BCUT2D eigenvalue weighted by Crippen LogP contribution is -2.57. The zero-order valence-electron chi connectivity index (χ0n) is 7.75. The van der Waals surface area contributed by atoms with Crippen LogP contribution in [-0.4, -0.2) is 59.6 Å². The lowest BCUT2D eigenvalue weighted by Gasteiger charge is -2.39. The molecular weight excluding hydrogens is 176 g/mol. The standard InChI is InChI=1S/C8H16O5/c1-4-6(9)8(11)7(10)5(13-4)3-12-2/h4-11H,3H2,1-2H3/t4-,5?,6-,7+,8?/m0/s1. The first-order valence-electron chi connectivity index (χ1n) is 4.26. The van der Waals surface area contributed by atoms with Crippen LogP contribution in [0.5, 0.6) is 0 Å². The highest BCUT2D eigenvalue weighted by Gasteiger charge is 2.41. The predicted molar refractivity (Wildman–Crippen MR) is 44.2 cm³/mol. The maximum atomic E-state index is 9.44. The van der Waals surface area contributed by atoms with Gasteiger partial charge in [-0.05, 0) is 6.92 Å². The number of rotatable bonds is 2. The molecule has 3 N–H and O–H groups in total. The molecule has 0 radical (unpaired) electrons. The molecule has 0 saturated carbocycles. The van der Waals surface area contributed by atoms with Crippen LogP contribution in [0.3, 0.4) is 0 Å². The number of aliphatic hydroxyl groups excluding tert-OH is 3. The molecule has 0 aromatic heterocycles. The second-order valence-electron chi connectivity index (χ2n) is 3.31. The van der Waals surface area contributed by atoms with Crippen molar-refractivity contribution in [2.24, 2.45) is 0 Å². The molecule has 0 aliphatic carbocycles. The molecule has 0 aromatic rings. The van der Waals surface area contributed by atoms with Gasteiger partial charge in [0.05, 0.1) is 12.7 Å². The molecule has 1 aliphatic heterocycles. The van der Waals surface area contributed by atoms with E-state index in [0.717, 1.165) is 0 Å². The van der Waals surface area contributed by atoms with Crippen LogP contribution < -0.4 is 0 Å². The minimum absolute atomic E-state index is 0.204. The van der Waals surface area contributed by atoms with Gasteiger partial charge in [-0.3, -0.25) is 0 Å². The van der Waals surface area contributed by atoms with Gasteiger partial charge in [-0.25, -0.2) is 0 Å². The normalized spacial score (nSPS) is 46.4. The van der Waals surface area contributed by atoms with E-state index in [0.29, 0.717) is 0 Å². The van der Waals surface area contributed by atoms with Crippen LogP contribution in [0.25, 0.3) is 0 Å². The van der Waals surface area contributed by atoms with E-state index in [-0.39, 0.29) is 6.61 Å². The van der Waals surface area contributed by atoms with Crippen LogP contribution in [0.4, 0.5) is 0 Å². The van der Waals surface area contributed by atoms with Crippen molar-refractivity contribution in [2.75, 3.05) is 13.7 Å². The number of aliphatic hydroxyl groups is 3. The van der Waals surface area contributed by atoms with Crippen LogP contribution in [0.2, 0.25) is 0 Å². The zero-order chi connectivity index (χ0) is 10.0. The van der Waals surface area contributed by atoms with E-state index in [1.807, 2.05) is 0 Å². The summed E-state index contributed by atoms with van der Waals surface area (Å²) in [5.74, 6) is 0. The van der Waals surface area contributed by atoms with E-state index in [1.165, 1.54) is 7.11 Å². The molecule has 5 nitrogen and oxygen atoms in total. The summed E-state index contributed by atoms with van der Waals surface area (Å²) in [4.78, 5) is 0. The van der Waals surface area contributed by atoms with Gasteiger partial charge >= 0.3 is 0 Å². The average molecular weight is 192 g/mol. The molecule has 78 valence electrons. The number of methoxy groups -OCH3 is 1. The molecule has 0 aromatic carbocycles. The molecule has 0 amide bonds. The summed E-state index contributed by atoms with van der Waals surface area (Å²) in [6.45, 7) is 1.84. The lowest BCUT2D eigenvalue weighted by molar-refractivity contribution is -0.226. The highest BCUT2D eigenvalue weighted by Crippen LogP contribution is 2.20. The van der Waals surface area contributed by atoms with Crippen molar-refractivity contribution in [2.45, 2.75) is 37.4 Å². The Morgan fingerprint density at radius 1 is 1.15 bits per heavy atom. The Labute approximate surface area is 76.9 Å². The number of ether oxygens (including phenoxy) is 2. The summed E-state index contributed by atoms with van der Waals surface area (Å²) in [5.41, 5.74) is 0. The Bertz CT molecular complexity index is 163. The minimum Gasteiger partial charge on any atom is -0.388 e. The monoisotopic (exact) mass is 192 g/mol. The Morgan fingerprint density at radius 3 is 2.31 bits per heavy atom. The van der Waals surface area contributed by atoms with Crippen molar-refractivity contribution < 1.29 is 24.8 Å². The lowest BCUT2D eigenvalue weighted by atomic mass is 9.96. The van der Waals surface area contributed by atoms with Crippen molar-refractivity contribution >= 4 is 0 Å². The van der Waals surface area contributed by atoms with E-state index in [9.17, 15) is 15.3 Å². The largest absolute Gasteiger partial charge is 0.388 e. The van der Waals surface area contributed by atoms with Gasteiger partial charge < -0.3 is 24.8 Å². The van der Waals surface area contributed by atoms with E-state index in [1.54, 1.807) is 6.92 Å². The first kappa shape index (κ1) is 10.9. The summed E-state index contributed by atoms with van der Waals surface area (Å²) in [6.07, 6.45) is -4.35. The third-order valence-electron chi connectivity index (χ3n) is 2.28. The molecule has 1 heterocycles. The quantitative estimate of drug-likeness (QED) is 0.496. The van der Waals surface area contributed by atoms with Gasteiger partial charge in [-0.15, -0.1) is 0 Å². The van der Waals surface area contributed by atoms with Gasteiger partial charge in [0.2, 0.25) is 0 Å². The van der Waals surface area contributed by atoms with Crippen LogP contribution in [0.15, 0.2) is 0 Å². The first-order chi connectivity index (χ1) is 6.07. The van der Waals surface area contributed by atoms with Gasteiger partial charge in [0.25, 0.3) is 0 Å². The Morgan fingerprint density at radius 2 is 1.77 bits per heavy atom. The fourth-order valence-corrected chi connectivity index (χ4v) is 1.44. The van der Waals surface area contributed by atoms with Crippen molar-refractivity contribution in [3.63, 3.8) is 0 Å². The summed E-state index contributed by atoms with van der Waals surface area (Å²) < 4.78 is 10.0. The summed E-state index contributed by atoms with van der Waals surface area (Å²) >= 11 is 0. The summed E-state index contributed by atoms with van der Waals surface area (Å²) in [5, 5.41) is 28.1. The molecule has 13 heavy (non-hydrogen) atoms. The topological polar surface area (TPSA) is 79.2 Å². The molecule has 5 atom stereocenters. The Kier molecular flexibility index (Phi) is 3.63. The second-order valence-corrected chi connectivity index (χ2v) is 3.31. The van der Waals surface area contributed by atoms with E-state index in [2.05, 4.69) is 0 Å². The van der Waals surface area contributed by atoms with E-state index >= 15 is 0 Å². The van der Waals surface area contributed by atoms with Crippen LogP contribution >= 0.6 is 0 Å². The third kappa shape index (κ3) is 2.18. The van der Waals surface area contributed by atoms with Crippen LogP contribution in [0.1, 0.15) is 6.92 Å². The summed E-state index contributed by atoms with van der Waals surface area (Å²) in [7, 11) is 1.48. The minimum atomic E-state index is -1.16. The molecule has 1 rings (SSSR count). The van der Waals surface area contributed by atoms with Crippen molar-refractivity contribution in [1.82, 2.24) is 0 Å². The molecular formula is C8H16O5. The zero-order valence-corrected chi connectivity index (χ0v) is 7.75. The molecule has 0 bridgehead atoms. The van der Waals surface area contributed by atoms with E-state index in [4.69, 9.17) is 9.47 Å². The molecule has 0 spiro atoms. The average Bonchev–Trinajstić information content (AvgIpc) is 2.11. The Balaban J connectivity index is 2.59. The summed E-state index contributed by atoms with van der Waals surface area (Å²) in [6, 6.07) is 0. The third-order valence-corrected chi connectivity index (χ3v) is 2.28. The maximum absolute atomic E-state index is 9.44. The molecule has 1 fully saturated rings. The van der Waals surface area contributed by atoms with Gasteiger partial charge in [0.15, 0.2) is 0 Å². The van der Waals surface area contributed by atoms with Gasteiger partial charge in [-0.1, -0.05) is 0 Å². The molecule has 2 unspecified atom stereocenters. The fourth-order valence-electron chi connectivity index (χ4n) is 1.44. The van der Waals surface area contributed by atoms with Crippen LogP contribution in [0, 0.1) is 0 Å². The highest BCUT2D eigenvalue weighted by atomic mass is 16.6. The number of hydrogen-bond donors (Lipinski definition) is 3. The van der Waals surface area contributed by atoms with Crippen molar-refractivity contribution in [3.8, 4) is 0 Å². The van der Waals surface area contributed by atoms with Crippen LogP contribution in [-0.2, 0) is 9.47 Å². The predicted octanol–water partition coefficient (Wildman–Crippen LogP) is -1.50. The maximum Gasteiger partial charge on any atom is 0.111 e. The van der Waals surface area contributed by atoms with Crippen molar-refractivity contribution in [1.29, 1.82) is 0 Å². The van der Waals surface area contributed by atoms with Gasteiger partial charge in [0.1, 0.15) is 24.4 Å². The molecule has 1 aliphatic rings. The van der Waals surface area contributed by atoms with E-state index < -0.39 is 30.5 Å². The Hall–Kier alpha value is -0.200. The SMILES string of the molecule is COCC1O[C@@H](C)[C@H](O)C(O)[C@@H]1O. The number of hydrogen-bond acceptors (Lipinski definition) is 5. The molecule has 5 heteroatoms.